The van der Waals surface area contributed by atoms with Crippen LogP contribution in [0.3, 0.4) is 0 Å². The van der Waals surface area contributed by atoms with Crippen LogP contribution in [0.5, 0.6) is 0 Å². The maximum absolute atomic E-state index is 3.82. The Hall–Kier alpha value is -0.860. The van der Waals surface area contributed by atoms with Crippen LogP contribution in [-0.4, -0.2) is 31.1 Å². The van der Waals surface area contributed by atoms with E-state index in [9.17, 15) is 0 Å². The SMILES string of the molecule is CCCCN(CCCC)CCCNC1CCCc2ccccc21. The number of rotatable bonds is 11. The largest absolute Gasteiger partial charge is 0.310 e. The molecule has 0 aromatic heterocycles. The third-order valence-electron chi connectivity index (χ3n) is 5.07. The summed E-state index contributed by atoms with van der Waals surface area (Å²) in [5.41, 5.74) is 3.11. The minimum absolute atomic E-state index is 0.583. The minimum atomic E-state index is 0.583. The summed E-state index contributed by atoms with van der Waals surface area (Å²) in [7, 11) is 0. The summed E-state index contributed by atoms with van der Waals surface area (Å²) in [6.45, 7) is 9.54. The van der Waals surface area contributed by atoms with Gasteiger partial charge in [-0.25, -0.2) is 0 Å². The molecule has 1 aromatic rings. The first-order valence-electron chi connectivity index (χ1n) is 9.88. The van der Waals surface area contributed by atoms with Gasteiger partial charge in [-0.15, -0.1) is 0 Å². The average Bonchev–Trinajstić information content (AvgIpc) is 2.60. The van der Waals surface area contributed by atoms with E-state index in [1.54, 1.807) is 11.1 Å². The van der Waals surface area contributed by atoms with Crippen molar-refractivity contribution in [2.24, 2.45) is 0 Å². The van der Waals surface area contributed by atoms with E-state index in [0.717, 1.165) is 6.54 Å². The number of nitrogens with zero attached hydrogens (tertiary/aromatic N) is 1. The van der Waals surface area contributed by atoms with E-state index < -0.39 is 0 Å². The van der Waals surface area contributed by atoms with Crippen molar-refractivity contribution >= 4 is 0 Å². The van der Waals surface area contributed by atoms with Crippen LogP contribution in [0.15, 0.2) is 24.3 Å². The van der Waals surface area contributed by atoms with E-state index >= 15 is 0 Å². The average molecular weight is 317 g/mol. The van der Waals surface area contributed by atoms with Gasteiger partial charge in [-0.2, -0.15) is 0 Å². The maximum Gasteiger partial charge on any atom is 0.0323 e. The normalized spacial score (nSPS) is 17.4. The second-order valence-electron chi connectivity index (χ2n) is 7.00. The van der Waals surface area contributed by atoms with Crippen LogP contribution in [0.4, 0.5) is 0 Å². The number of hydrogen-bond acceptors (Lipinski definition) is 2. The first-order valence-corrected chi connectivity index (χ1v) is 9.88. The molecule has 0 saturated heterocycles. The second-order valence-corrected chi connectivity index (χ2v) is 7.00. The van der Waals surface area contributed by atoms with Crippen molar-refractivity contribution in [1.82, 2.24) is 10.2 Å². The Morgan fingerprint density at radius 3 is 2.43 bits per heavy atom. The van der Waals surface area contributed by atoms with Crippen molar-refractivity contribution < 1.29 is 0 Å². The second kappa shape index (κ2) is 10.8. The van der Waals surface area contributed by atoms with Crippen LogP contribution in [0, 0.1) is 0 Å². The predicted octanol–water partition coefficient (Wildman–Crippen LogP) is 4.95. The van der Waals surface area contributed by atoms with Crippen LogP contribution >= 0.6 is 0 Å². The molecule has 1 unspecified atom stereocenters. The molecular weight excluding hydrogens is 280 g/mol. The molecule has 0 fully saturated rings. The van der Waals surface area contributed by atoms with E-state index in [-0.39, 0.29) is 0 Å². The van der Waals surface area contributed by atoms with Gasteiger partial charge in [0.1, 0.15) is 0 Å². The molecule has 1 aromatic carbocycles. The van der Waals surface area contributed by atoms with Crippen molar-refractivity contribution in [2.75, 3.05) is 26.2 Å². The fraction of sp³-hybridized carbons (Fsp3) is 0.714. The van der Waals surface area contributed by atoms with Crippen molar-refractivity contribution in [3.05, 3.63) is 35.4 Å². The van der Waals surface area contributed by atoms with Crippen molar-refractivity contribution in [3.8, 4) is 0 Å². The Labute approximate surface area is 143 Å². The summed E-state index contributed by atoms with van der Waals surface area (Å²) in [4.78, 5) is 2.67. The molecule has 2 rings (SSSR count). The Morgan fingerprint density at radius 1 is 1.00 bits per heavy atom. The molecule has 1 aliphatic carbocycles. The number of nitrogens with one attached hydrogen (secondary N) is 1. The van der Waals surface area contributed by atoms with E-state index in [1.807, 2.05) is 0 Å². The molecular formula is C21H36N2. The number of fused-ring (bicyclic) bond motifs is 1. The van der Waals surface area contributed by atoms with Gasteiger partial charge in [0, 0.05) is 6.04 Å². The Morgan fingerprint density at radius 2 is 1.70 bits per heavy atom. The summed E-state index contributed by atoms with van der Waals surface area (Å²) in [6, 6.07) is 9.58. The minimum Gasteiger partial charge on any atom is -0.310 e. The lowest BCUT2D eigenvalue weighted by molar-refractivity contribution is 0.259. The first kappa shape index (κ1) is 18.5. The first-order chi connectivity index (χ1) is 11.3. The third-order valence-corrected chi connectivity index (χ3v) is 5.07. The summed E-state index contributed by atoms with van der Waals surface area (Å²) >= 11 is 0. The summed E-state index contributed by atoms with van der Waals surface area (Å²) in [6.07, 6.45) is 10.4. The van der Waals surface area contributed by atoms with Crippen molar-refractivity contribution in [1.29, 1.82) is 0 Å². The summed E-state index contributed by atoms with van der Waals surface area (Å²) in [5.74, 6) is 0. The summed E-state index contributed by atoms with van der Waals surface area (Å²) < 4.78 is 0. The molecule has 23 heavy (non-hydrogen) atoms. The highest BCUT2D eigenvalue weighted by atomic mass is 15.1. The number of benzene rings is 1. The number of aryl methyl sites for hydroxylation is 1. The van der Waals surface area contributed by atoms with Gasteiger partial charge in [-0.3, -0.25) is 0 Å². The zero-order valence-corrected chi connectivity index (χ0v) is 15.3. The molecule has 0 radical (unpaired) electrons. The third kappa shape index (κ3) is 6.27. The van der Waals surface area contributed by atoms with Gasteiger partial charge in [0.2, 0.25) is 0 Å². The lowest BCUT2D eigenvalue weighted by Gasteiger charge is -2.27. The van der Waals surface area contributed by atoms with Gasteiger partial charge in [-0.05, 0) is 75.8 Å². The fourth-order valence-electron chi connectivity index (χ4n) is 3.64. The van der Waals surface area contributed by atoms with Gasteiger partial charge in [0.25, 0.3) is 0 Å². The van der Waals surface area contributed by atoms with E-state index in [2.05, 4.69) is 48.3 Å². The van der Waals surface area contributed by atoms with Crippen LogP contribution in [0.25, 0.3) is 0 Å². The van der Waals surface area contributed by atoms with E-state index in [4.69, 9.17) is 0 Å². The van der Waals surface area contributed by atoms with Crippen LogP contribution < -0.4 is 5.32 Å². The quantitative estimate of drug-likeness (QED) is 0.581. The zero-order valence-electron chi connectivity index (χ0n) is 15.3. The molecule has 1 atom stereocenters. The fourth-order valence-corrected chi connectivity index (χ4v) is 3.64. The zero-order chi connectivity index (χ0) is 16.3. The van der Waals surface area contributed by atoms with Gasteiger partial charge < -0.3 is 10.2 Å². The monoisotopic (exact) mass is 316 g/mol. The molecule has 0 heterocycles. The highest BCUT2D eigenvalue weighted by molar-refractivity contribution is 5.32. The Bertz CT molecular complexity index is 422. The lowest BCUT2D eigenvalue weighted by atomic mass is 9.88. The Kier molecular flexibility index (Phi) is 8.70. The smallest absolute Gasteiger partial charge is 0.0323 e. The van der Waals surface area contributed by atoms with E-state index in [0.29, 0.717) is 6.04 Å². The Balaban J connectivity index is 1.72. The molecule has 130 valence electrons. The van der Waals surface area contributed by atoms with Crippen LogP contribution in [-0.2, 0) is 6.42 Å². The molecule has 2 nitrogen and oxygen atoms in total. The van der Waals surface area contributed by atoms with Gasteiger partial charge >= 0.3 is 0 Å². The molecule has 0 bridgehead atoms. The molecule has 0 amide bonds. The van der Waals surface area contributed by atoms with E-state index in [1.165, 1.54) is 71.0 Å². The van der Waals surface area contributed by atoms with Crippen LogP contribution in [0.2, 0.25) is 0 Å². The predicted molar refractivity (Wildman–Crippen MR) is 101 cm³/mol. The topological polar surface area (TPSA) is 15.3 Å². The van der Waals surface area contributed by atoms with Gasteiger partial charge in [0.15, 0.2) is 0 Å². The van der Waals surface area contributed by atoms with Gasteiger partial charge in [-0.1, -0.05) is 51.0 Å². The molecule has 1 N–H and O–H groups in total. The molecule has 0 saturated carbocycles. The lowest BCUT2D eigenvalue weighted by Crippen LogP contribution is -2.31. The highest BCUT2D eigenvalue weighted by Crippen LogP contribution is 2.29. The van der Waals surface area contributed by atoms with Gasteiger partial charge in [0.05, 0.1) is 0 Å². The summed E-state index contributed by atoms with van der Waals surface area (Å²) in [5, 5.41) is 3.82. The standard InChI is InChI=1S/C21H36N2/c1-3-5-16-23(17-6-4-2)18-10-15-22-21-14-9-12-19-11-7-8-13-20(19)21/h7-8,11,13,21-22H,3-6,9-10,12,14-18H2,1-2H3. The number of hydrogen-bond donors (Lipinski definition) is 1. The molecule has 0 aliphatic heterocycles. The van der Waals surface area contributed by atoms with Crippen LogP contribution in [0.1, 0.15) is 76.0 Å². The molecule has 1 aliphatic rings. The van der Waals surface area contributed by atoms with Crippen molar-refractivity contribution in [3.63, 3.8) is 0 Å². The highest BCUT2D eigenvalue weighted by Gasteiger charge is 2.18. The molecule has 2 heteroatoms. The van der Waals surface area contributed by atoms with Crippen molar-refractivity contribution in [2.45, 2.75) is 71.3 Å². The number of unbranched alkanes of at least 4 members (excludes halogenated alkanes) is 2. The maximum atomic E-state index is 3.82. The molecule has 0 spiro atoms.